The summed E-state index contributed by atoms with van der Waals surface area (Å²) in [6.07, 6.45) is 2.60. The third-order valence-corrected chi connectivity index (χ3v) is 7.96. The molecule has 1 radical (unpaired) electrons. The van der Waals surface area contributed by atoms with Gasteiger partial charge in [0, 0.05) is 33.0 Å². The highest BCUT2D eigenvalue weighted by Gasteiger charge is 2.18. The van der Waals surface area contributed by atoms with Crippen LogP contribution in [0.15, 0.2) is 97.5 Å². The second-order valence-corrected chi connectivity index (χ2v) is 11.1. The van der Waals surface area contributed by atoms with Crippen molar-refractivity contribution in [1.29, 1.82) is 0 Å². The summed E-state index contributed by atoms with van der Waals surface area (Å²) in [5.41, 5.74) is 14.4. The number of nitrogens with one attached hydrogen (secondary N) is 4. The number of aromatic amines is 4. The van der Waals surface area contributed by atoms with Crippen LogP contribution < -0.4 is 15.2 Å². The maximum absolute atomic E-state index is 6.48. The molecular weight excluding hydrogens is 594 g/mol. The summed E-state index contributed by atoms with van der Waals surface area (Å²) in [5.74, 6) is 1.97. The zero-order valence-corrected chi connectivity index (χ0v) is 24.9. The first-order valence-electron chi connectivity index (χ1n) is 14.9. The molecule has 2 unspecified atom stereocenters. The van der Waals surface area contributed by atoms with E-state index < -0.39 is 12.1 Å². The van der Waals surface area contributed by atoms with E-state index in [0.29, 0.717) is 17.3 Å². The van der Waals surface area contributed by atoms with Gasteiger partial charge in [0.25, 0.3) is 0 Å². The van der Waals surface area contributed by atoms with Gasteiger partial charge in [0.15, 0.2) is 5.82 Å². The van der Waals surface area contributed by atoms with Crippen LogP contribution in [-0.4, -0.2) is 69.7 Å². The molecule has 13 nitrogen and oxygen atoms in total. The van der Waals surface area contributed by atoms with Crippen molar-refractivity contribution < 1.29 is 9.47 Å². The van der Waals surface area contributed by atoms with Gasteiger partial charge in [0.05, 0.1) is 29.0 Å². The average Bonchev–Trinajstić information content (AvgIpc) is 3.94. The number of H-pyrrole nitrogens is 4. The number of hydrogen-bond acceptors (Lipinski definition) is 9. The van der Waals surface area contributed by atoms with Gasteiger partial charge >= 0.3 is 0 Å². The van der Waals surface area contributed by atoms with E-state index in [1.54, 1.807) is 6.20 Å². The average molecular weight is 623 g/mol. The molecular formula is C34H28N11O2. The van der Waals surface area contributed by atoms with Gasteiger partial charge in [0.1, 0.15) is 41.9 Å². The molecule has 0 bridgehead atoms. The summed E-state index contributed by atoms with van der Waals surface area (Å²) in [4.78, 5) is 4.26. The lowest BCUT2D eigenvalue weighted by atomic mass is 10.0. The normalized spacial score (nSPS) is 12.8. The molecule has 0 spiro atoms. The van der Waals surface area contributed by atoms with E-state index in [0.717, 1.165) is 61.1 Å². The molecule has 4 aromatic carbocycles. The molecule has 0 aliphatic rings. The van der Waals surface area contributed by atoms with Crippen LogP contribution in [0.5, 0.6) is 11.5 Å². The zero-order chi connectivity index (χ0) is 31.7. The van der Waals surface area contributed by atoms with Crippen LogP contribution in [-0.2, 0) is 0 Å². The fraction of sp³-hybridized carbons (Fsp3) is 0.0882. The van der Waals surface area contributed by atoms with Gasteiger partial charge in [-0.25, -0.2) is 4.98 Å². The van der Waals surface area contributed by atoms with Gasteiger partial charge in [-0.05, 0) is 61.5 Å². The van der Waals surface area contributed by atoms with Crippen molar-refractivity contribution in [3.05, 3.63) is 104 Å². The van der Waals surface area contributed by atoms with Crippen LogP contribution in [0.2, 0.25) is 0 Å². The Kier molecular flexibility index (Phi) is 7.11. The van der Waals surface area contributed by atoms with E-state index in [2.05, 4.69) is 64.0 Å². The van der Waals surface area contributed by atoms with Gasteiger partial charge in [-0.15, -0.1) is 5.10 Å². The number of ether oxygens (including phenoxy) is 2. The molecule has 0 saturated carbocycles. The molecule has 0 aliphatic heterocycles. The minimum absolute atomic E-state index is 0.198. The summed E-state index contributed by atoms with van der Waals surface area (Å²) in [7, 11) is 0. The van der Waals surface area contributed by atoms with Gasteiger partial charge in [-0.2, -0.15) is 15.3 Å². The van der Waals surface area contributed by atoms with Crippen molar-refractivity contribution in [2.45, 2.75) is 12.1 Å². The molecule has 4 heterocycles. The molecule has 0 amide bonds. The van der Waals surface area contributed by atoms with Crippen molar-refractivity contribution in [2.75, 3.05) is 6.61 Å². The molecule has 6 N–H and O–H groups in total. The van der Waals surface area contributed by atoms with E-state index in [-0.39, 0.29) is 6.61 Å². The molecule has 0 aliphatic carbocycles. The third-order valence-electron chi connectivity index (χ3n) is 7.96. The van der Waals surface area contributed by atoms with Crippen molar-refractivity contribution in [1.82, 2.24) is 51.0 Å². The first kappa shape index (κ1) is 28.2. The van der Waals surface area contributed by atoms with Crippen LogP contribution in [0.4, 0.5) is 0 Å². The Morgan fingerprint density at radius 2 is 1.40 bits per heavy atom. The van der Waals surface area contributed by atoms with E-state index in [4.69, 9.17) is 15.2 Å². The third kappa shape index (κ3) is 5.55. The quantitative estimate of drug-likeness (QED) is 0.134. The first-order chi connectivity index (χ1) is 23.1. The van der Waals surface area contributed by atoms with Gasteiger partial charge in [-0.1, -0.05) is 35.5 Å². The van der Waals surface area contributed by atoms with Crippen molar-refractivity contribution >= 4 is 21.8 Å². The topological polar surface area (TPSA) is 185 Å². The predicted octanol–water partition coefficient (Wildman–Crippen LogP) is 5.33. The first-order valence-corrected chi connectivity index (χ1v) is 14.9. The monoisotopic (exact) mass is 622 g/mol. The van der Waals surface area contributed by atoms with Crippen LogP contribution in [0.3, 0.4) is 0 Å². The number of rotatable bonds is 10. The molecule has 4 aromatic heterocycles. The lowest BCUT2D eigenvalue weighted by molar-refractivity contribution is 0.170. The minimum atomic E-state index is -0.576. The highest BCUT2D eigenvalue weighted by Crippen LogP contribution is 2.33. The van der Waals surface area contributed by atoms with Crippen molar-refractivity contribution in [3.8, 4) is 56.7 Å². The molecule has 8 rings (SSSR count). The maximum Gasteiger partial charge on any atom is 0.155 e. The fourth-order valence-electron chi connectivity index (χ4n) is 5.48. The predicted molar refractivity (Wildman–Crippen MR) is 177 cm³/mol. The highest BCUT2D eigenvalue weighted by molar-refractivity contribution is 5.96. The summed E-state index contributed by atoms with van der Waals surface area (Å²) in [5, 5.41) is 34.7. The summed E-state index contributed by atoms with van der Waals surface area (Å²) in [6, 6.07) is 26.9. The lowest BCUT2D eigenvalue weighted by Gasteiger charge is -2.22. The molecule has 2 atom stereocenters. The second kappa shape index (κ2) is 11.9. The molecule has 47 heavy (non-hydrogen) atoms. The van der Waals surface area contributed by atoms with E-state index in [1.165, 1.54) is 6.33 Å². The standard InChI is InChI=1S/C34H28N11O2/c1-19(47-25-7-3-5-22(13-25)33-27-15-23(34-36-18-38-44-34)9-11-30(27)40-43-33)28(35)17-46-24-6-2-4-21(12-24)32-26-14-20(31-16-37-45-41-31)8-10-29(26)39-42-32/h2-16,18-19,28H,1,17,35H2,(H,39,42)(H,40,43)(H,36,38,44)(H,37,41,45). The Bertz CT molecular complexity index is 2290. The van der Waals surface area contributed by atoms with Gasteiger partial charge in [0.2, 0.25) is 0 Å². The maximum atomic E-state index is 6.48. The summed E-state index contributed by atoms with van der Waals surface area (Å²) >= 11 is 0. The number of nitrogens with zero attached hydrogens (tertiary/aromatic N) is 6. The Morgan fingerprint density at radius 3 is 2.09 bits per heavy atom. The smallest absolute Gasteiger partial charge is 0.155 e. The van der Waals surface area contributed by atoms with Gasteiger partial charge in [-0.3, -0.25) is 20.4 Å². The molecule has 231 valence electrons. The number of hydrogen-bond donors (Lipinski definition) is 5. The summed E-state index contributed by atoms with van der Waals surface area (Å²) in [6.45, 7) is 4.36. The van der Waals surface area contributed by atoms with E-state index in [1.807, 2.05) is 78.9 Å². The largest absolute Gasteiger partial charge is 0.492 e. The number of aromatic nitrogens is 10. The Balaban J connectivity index is 0.950. The van der Waals surface area contributed by atoms with Crippen LogP contribution in [0.25, 0.3) is 67.0 Å². The SMILES string of the molecule is [CH2]C(Oc1cccc(-c2n[nH]c3ccc(-c4ncn[nH]4)cc23)c1)C(N)COc1cccc(-c2n[nH]c3ccc(-c4cnn[nH]4)cc23)c1. The fourth-order valence-corrected chi connectivity index (χ4v) is 5.48. The molecule has 0 fully saturated rings. The Labute approximate surface area is 267 Å². The highest BCUT2D eigenvalue weighted by atomic mass is 16.5. The Morgan fingerprint density at radius 1 is 0.723 bits per heavy atom. The molecule has 8 aromatic rings. The lowest BCUT2D eigenvalue weighted by Crippen LogP contribution is -2.41. The van der Waals surface area contributed by atoms with Crippen LogP contribution in [0, 0.1) is 6.92 Å². The molecule has 13 heteroatoms. The number of nitrogens with two attached hydrogens (primary N) is 1. The Hall–Kier alpha value is -6.34. The summed E-state index contributed by atoms with van der Waals surface area (Å²) < 4.78 is 12.3. The second-order valence-electron chi connectivity index (χ2n) is 11.1. The number of fused-ring (bicyclic) bond motifs is 2. The van der Waals surface area contributed by atoms with Crippen molar-refractivity contribution in [3.63, 3.8) is 0 Å². The number of benzene rings is 4. The van der Waals surface area contributed by atoms with Crippen LogP contribution >= 0.6 is 0 Å². The van der Waals surface area contributed by atoms with Crippen LogP contribution in [0.1, 0.15) is 0 Å². The van der Waals surface area contributed by atoms with E-state index >= 15 is 0 Å². The van der Waals surface area contributed by atoms with E-state index in [9.17, 15) is 0 Å². The molecule has 0 saturated heterocycles. The van der Waals surface area contributed by atoms with Gasteiger partial charge < -0.3 is 15.2 Å². The minimum Gasteiger partial charge on any atom is -0.492 e. The van der Waals surface area contributed by atoms with Crippen molar-refractivity contribution in [2.24, 2.45) is 5.73 Å². The zero-order valence-electron chi connectivity index (χ0n) is 24.9.